The molecule has 2 aliphatic heterocycles. The number of aliphatic hydroxyl groups excluding tert-OH is 1. The lowest BCUT2D eigenvalue weighted by atomic mass is 9.83. The van der Waals surface area contributed by atoms with Gasteiger partial charge in [0.25, 0.3) is 0 Å². The van der Waals surface area contributed by atoms with E-state index in [-0.39, 0.29) is 23.6 Å². The number of aromatic nitrogens is 2. The number of imidazole rings is 1. The minimum absolute atomic E-state index is 0.00124. The number of nitrogens with zero attached hydrogens (tertiary/aromatic N) is 4. The Morgan fingerprint density at radius 1 is 0.947 bits per heavy atom. The average Bonchev–Trinajstić information content (AvgIpc) is 3.40. The van der Waals surface area contributed by atoms with Gasteiger partial charge in [-0.1, -0.05) is 12.1 Å². The highest BCUT2D eigenvalue weighted by atomic mass is 19.4. The van der Waals surface area contributed by atoms with E-state index in [0.717, 1.165) is 30.3 Å². The van der Waals surface area contributed by atoms with Gasteiger partial charge in [0.1, 0.15) is 11.6 Å². The third-order valence-electron chi connectivity index (χ3n) is 7.37. The van der Waals surface area contributed by atoms with Crippen LogP contribution in [0.15, 0.2) is 55.0 Å². The van der Waals surface area contributed by atoms with E-state index in [1.807, 2.05) is 0 Å². The minimum atomic E-state index is -4.45. The van der Waals surface area contributed by atoms with Gasteiger partial charge >= 0.3 is 12.2 Å². The number of rotatable bonds is 3. The van der Waals surface area contributed by atoms with Crippen LogP contribution in [0, 0.1) is 11.6 Å². The van der Waals surface area contributed by atoms with E-state index in [1.165, 1.54) is 23.0 Å². The van der Waals surface area contributed by atoms with Gasteiger partial charge in [-0.25, -0.2) is 18.6 Å². The molecule has 0 radical (unpaired) electrons. The van der Waals surface area contributed by atoms with E-state index >= 15 is 0 Å². The summed E-state index contributed by atoms with van der Waals surface area (Å²) >= 11 is 0. The Morgan fingerprint density at radius 2 is 1.63 bits per heavy atom. The van der Waals surface area contributed by atoms with Crippen LogP contribution < -0.4 is 0 Å². The van der Waals surface area contributed by atoms with E-state index in [1.54, 1.807) is 16.0 Å². The normalized spacial score (nSPS) is 21.1. The quantitative estimate of drug-likeness (QED) is 0.463. The number of likely N-dealkylation sites (tertiary alicyclic amines) is 2. The SMILES string of the molecule is O=C(N1CCC(O)CC1)N1CC(c2ccc(C(F)(F)F)cc2)CC(c2cn(-c3cc(F)ccc3F)cn2)C1. The fourth-order valence-corrected chi connectivity index (χ4v) is 5.28. The van der Waals surface area contributed by atoms with Crippen molar-refractivity contribution >= 4 is 6.03 Å². The van der Waals surface area contributed by atoms with Gasteiger partial charge in [-0.15, -0.1) is 0 Å². The van der Waals surface area contributed by atoms with Crippen molar-refractivity contribution in [2.75, 3.05) is 26.2 Å². The van der Waals surface area contributed by atoms with Crippen molar-refractivity contribution in [2.24, 2.45) is 0 Å². The monoisotopic (exact) mass is 534 g/mol. The highest BCUT2D eigenvalue weighted by molar-refractivity contribution is 5.75. The van der Waals surface area contributed by atoms with E-state index in [9.17, 15) is 31.9 Å². The molecule has 2 fully saturated rings. The molecular formula is C27H27F5N4O2. The summed E-state index contributed by atoms with van der Waals surface area (Å²) in [6.07, 6.45) is -0.446. The molecule has 3 aromatic rings. The maximum Gasteiger partial charge on any atom is 0.416 e. The molecule has 2 saturated heterocycles. The number of carbonyl (C=O) groups excluding carboxylic acids is 1. The third kappa shape index (κ3) is 5.52. The van der Waals surface area contributed by atoms with Gasteiger partial charge in [0.15, 0.2) is 0 Å². The first-order valence-electron chi connectivity index (χ1n) is 12.5. The molecule has 0 aliphatic carbocycles. The predicted octanol–water partition coefficient (Wildman–Crippen LogP) is 5.32. The standard InChI is InChI=1S/C27H27F5N4O2/c28-21-5-6-23(29)25(12-21)36-15-24(33-16-36)19-11-18(17-1-3-20(4-2-17)27(30,31)32)13-35(14-19)26(38)34-9-7-22(37)8-10-34/h1-6,12,15-16,18-19,22,37H,7-11,13-14H2. The van der Waals surface area contributed by atoms with E-state index in [0.29, 0.717) is 56.7 Å². The van der Waals surface area contributed by atoms with Crippen LogP contribution in [0.3, 0.4) is 0 Å². The number of urea groups is 1. The van der Waals surface area contributed by atoms with Crippen molar-refractivity contribution in [3.63, 3.8) is 0 Å². The molecule has 38 heavy (non-hydrogen) atoms. The summed E-state index contributed by atoms with van der Waals surface area (Å²) in [5, 5.41) is 9.82. The molecule has 2 aromatic carbocycles. The van der Waals surface area contributed by atoms with Gasteiger partial charge in [0.05, 0.1) is 29.4 Å². The lowest BCUT2D eigenvalue weighted by molar-refractivity contribution is -0.137. The number of aliphatic hydroxyl groups is 1. The summed E-state index contributed by atoms with van der Waals surface area (Å²) in [6.45, 7) is 1.47. The van der Waals surface area contributed by atoms with Gasteiger partial charge in [0, 0.05) is 50.3 Å². The molecular weight excluding hydrogens is 507 g/mol. The highest BCUT2D eigenvalue weighted by Crippen LogP contribution is 2.37. The number of hydrogen-bond acceptors (Lipinski definition) is 3. The molecule has 0 spiro atoms. The van der Waals surface area contributed by atoms with E-state index in [4.69, 9.17) is 0 Å². The van der Waals surface area contributed by atoms with Crippen molar-refractivity contribution < 1.29 is 31.9 Å². The summed E-state index contributed by atoms with van der Waals surface area (Å²) in [4.78, 5) is 21.2. The molecule has 0 bridgehead atoms. The molecule has 3 heterocycles. The van der Waals surface area contributed by atoms with Crippen LogP contribution in [-0.4, -0.2) is 62.8 Å². The highest BCUT2D eigenvalue weighted by Gasteiger charge is 2.36. The Morgan fingerprint density at radius 3 is 2.32 bits per heavy atom. The Kier molecular flexibility index (Phi) is 7.13. The summed E-state index contributed by atoms with van der Waals surface area (Å²) < 4.78 is 68.8. The topological polar surface area (TPSA) is 61.6 Å². The van der Waals surface area contributed by atoms with Crippen molar-refractivity contribution in [3.8, 4) is 5.69 Å². The zero-order chi connectivity index (χ0) is 27.0. The first-order chi connectivity index (χ1) is 18.1. The lowest BCUT2D eigenvalue weighted by Gasteiger charge is -2.41. The molecule has 2 unspecified atom stereocenters. The lowest BCUT2D eigenvalue weighted by Crippen LogP contribution is -2.51. The number of benzene rings is 2. The van der Waals surface area contributed by atoms with Gasteiger partial charge < -0.3 is 19.5 Å². The molecule has 202 valence electrons. The van der Waals surface area contributed by atoms with Gasteiger partial charge in [0.2, 0.25) is 0 Å². The van der Waals surface area contributed by atoms with Crippen LogP contribution in [0.5, 0.6) is 0 Å². The fraction of sp³-hybridized carbons (Fsp3) is 0.407. The van der Waals surface area contributed by atoms with Gasteiger partial charge in [-0.2, -0.15) is 13.2 Å². The Hall–Kier alpha value is -3.47. The first-order valence-corrected chi connectivity index (χ1v) is 12.5. The number of piperidine rings is 2. The number of alkyl halides is 3. The number of carbonyl (C=O) groups is 1. The van der Waals surface area contributed by atoms with Gasteiger partial charge in [-0.05, 0) is 49.1 Å². The van der Waals surface area contributed by atoms with Crippen LogP contribution in [0.2, 0.25) is 0 Å². The van der Waals surface area contributed by atoms with E-state index in [2.05, 4.69) is 4.98 Å². The maximum atomic E-state index is 14.3. The van der Waals surface area contributed by atoms with Crippen molar-refractivity contribution in [1.82, 2.24) is 19.4 Å². The Balaban J connectivity index is 1.43. The smallest absolute Gasteiger partial charge is 0.393 e. The van der Waals surface area contributed by atoms with Crippen LogP contribution in [0.25, 0.3) is 5.69 Å². The van der Waals surface area contributed by atoms with Crippen molar-refractivity contribution in [1.29, 1.82) is 0 Å². The van der Waals surface area contributed by atoms with E-state index < -0.39 is 29.5 Å². The molecule has 0 saturated carbocycles. The Labute approximate surface area is 216 Å². The second-order valence-electron chi connectivity index (χ2n) is 9.96. The molecule has 1 N–H and O–H groups in total. The molecule has 1 aromatic heterocycles. The Bertz CT molecular complexity index is 1290. The molecule has 6 nitrogen and oxygen atoms in total. The molecule has 2 amide bonds. The molecule has 5 rings (SSSR count). The van der Waals surface area contributed by atoms with Gasteiger partial charge in [-0.3, -0.25) is 0 Å². The maximum absolute atomic E-state index is 14.3. The third-order valence-corrected chi connectivity index (χ3v) is 7.37. The minimum Gasteiger partial charge on any atom is -0.393 e. The summed E-state index contributed by atoms with van der Waals surface area (Å²) in [5.74, 6) is -1.76. The van der Waals surface area contributed by atoms with Crippen molar-refractivity contribution in [2.45, 2.75) is 43.4 Å². The van der Waals surface area contributed by atoms with Crippen LogP contribution in [-0.2, 0) is 6.18 Å². The zero-order valence-electron chi connectivity index (χ0n) is 20.4. The average molecular weight is 535 g/mol. The van der Waals surface area contributed by atoms with Crippen LogP contribution >= 0.6 is 0 Å². The molecule has 11 heteroatoms. The molecule has 2 aliphatic rings. The molecule has 2 atom stereocenters. The number of hydrogen-bond donors (Lipinski definition) is 1. The number of amides is 2. The second kappa shape index (κ2) is 10.4. The fourth-order valence-electron chi connectivity index (χ4n) is 5.28. The van der Waals surface area contributed by atoms with Crippen LogP contribution in [0.4, 0.5) is 26.7 Å². The number of halogens is 5. The summed E-state index contributed by atoms with van der Waals surface area (Å²) in [7, 11) is 0. The first kappa shape index (κ1) is 26.1. The van der Waals surface area contributed by atoms with Crippen LogP contribution in [0.1, 0.15) is 47.9 Å². The summed E-state index contributed by atoms with van der Waals surface area (Å²) in [6, 6.07) is 7.88. The largest absolute Gasteiger partial charge is 0.416 e. The van der Waals surface area contributed by atoms with Crippen molar-refractivity contribution in [3.05, 3.63) is 83.4 Å². The summed E-state index contributed by atoms with van der Waals surface area (Å²) in [5.41, 5.74) is 0.491. The zero-order valence-corrected chi connectivity index (χ0v) is 20.4. The second-order valence-corrected chi connectivity index (χ2v) is 9.96. The predicted molar refractivity (Wildman–Crippen MR) is 129 cm³/mol.